The molecule has 1 aromatic heterocycles. The van der Waals surface area contributed by atoms with Crippen LogP contribution in [0.15, 0.2) is 35.1 Å². The van der Waals surface area contributed by atoms with Crippen LogP contribution in [0, 0.1) is 5.92 Å². The minimum atomic E-state index is -0.0588. The van der Waals surface area contributed by atoms with E-state index in [0.717, 1.165) is 10.9 Å². The van der Waals surface area contributed by atoms with E-state index in [1.807, 2.05) is 37.3 Å². The smallest absolute Gasteiger partial charge is 0.255 e. The Morgan fingerprint density at radius 1 is 1.39 bits per heavy atom. The van der Waals surface area contributed by atoms with E-state index in [1.54, 1.807) is 4.57 Å². The first-order valence-corrected chi connectivity index (χ1v) is 6.09. The van der Waals surface area contributed by atoms with Crippen molar-refractivity contribution in [2.45, 2.75) is 20.0 Å². The molecule has 0 radical (unpaired) electrons. The Morgan fingerprint density at radius 2 is 2.11 bits per heavy atom. The molecule has 4 heteroatoms. The number of benzene rings is 1. The number of nitrogens with two attached hydrogens (primary N) is 1. The highest BCUT2D eigenvalue weighted by Crippen LogP contribution is 2.14. The summed E-state index contributed by atoms with van der Waals surface area (Å²) in [6, 6.07) is 9.57. The topological polar surface area (TPSA) is 68.2 Å². The standard InChI is InChI=1S/C14H18N2O2/c1-10(9-17)8-16-13-5-3-2-4-11(13)6-12(7-15)14(16)18/h2-6,10,17H,7-9,15H2,1H3. The minimum Gasteiger partial charge on any atom is -0.396 e. The van der Waals surface area contributed by atoms with Gasteiger partial charge >= 0.3 is 0 Å². The first-order valence-electron chi connectivity index (χ1n) is 6.09. The summed E-state index contributed by atoms with van der Waals surface area (Å²) in [7, 11) is 0. The zero-order chi connectivity index (χ0) is 13.1. The van der Waals surface area contributed by atoms with Crippen LogP contribution in [-0.2, 0) is 13.1 Å². The molecule has 18 heavy (non-hydrogen) atoms. The van der Waals surface area contributed by atoms with Gasteiger partial charge in [-0.2, -0.15) is 0 Å². The predicted molar refractivity (Wildman–Crippen MR) is 72.3 cm³/mol. The number of hydrogen-bond donors (Lipinski definition) is 2. The van der Waals surface area contributed by atoms with Gasteiger partial charge in [-0.3, -0.25) is 4.79 Å². The van der Waals surface area contributed by atoms with E-state index in [0.29, 0.717) is 12.1 Å². The second-order valence-corrected chi connectivity index (χ2v) is 4.64. The summed E-state index contributed by atoms with van der Waals surface area (Å²) in [5.74, 6) is 0.0409. The van der Waals surface area contributed by atoms with Gasteiger partial charge < -0.3 is 15.4 Å². The quantitative estimate of drug-likeness (QED) is 0.848. The summed E-state index contributed by atoms with van der Waals surface area (Å²) in [4.78, 5) is 12.3. The van der Waals surface area contributed by atoms with Crippen LogP contribution in [0.2, 0.25) is 0 Å². The number of aromatic nitrogens is 1. The molecule has 0 spiro atoms. The van der Waals surface area contributed by atoms with Crippen molar-refractivity contribution in [2.75, 3.05) is 6.61 Å². The van der Waals surface area contributed by atoms with E-state index in [4.69, 9.17) is 10.8 Å². The van der Waals surface area contributed by atoms with Crippen LogP contribution in [0.3, 0.4) is 0 Å². The van der Waals surface area contributed by atoms with Crippen molar-refractivity contribution in [2.24, 2.45) is 11.7 Å². The molecule has 4 nitrogen and oxygen atoms in total. The molecule has 0 saturated carbocycles. The number of nitrogens with zero attached hydrogens (tertiary/aromatic N) is 1. The van der Waals surface area contributed by atoms with Crippen molar-refractivity contribution in [1.82, 2.24) is 4.57 Å². The number of fused-ring (bicyclic) bond motifs is 1. The average molecular weight is 246 g/mol. The lowest BCUT2D eigenvalue weighted by Gasteiger charge is -2.15. The van der Waals surface area contributed by atoms with Gasteiger partial charge in [-0.05, 0) is 23.4 Å². The zero-order valence-corrected chi connectivity index (χ0v) is 10.5. The van der Waals surface area contributed by atoms with Crippen molar-refractivity contribution in [3.05, 3.63) is 46.2 Å². The molecule has 0 fully saturated rings. The van der Waals surface area contributed by atoms with Crippen LogP contribution < -0.4 is 11.3 Å². The van der Waals surface area contributed by atoms with E-state index >= 15 is 0 Å². The lowest BCUT2D eigenvalue weighted by Crippen LogP contribution is -2.28. The van der Waals surface area contributed by atoms with Crippen molar-refractivity contribution >= 4 is 10.9 Å². The number of rotatable bonds is 4. The van der Waals surface area contributed by atoms with Gasteiger partial charge in [0.1, 0.15) is 0 Å². The second-order valence-electron chi connectivity index (χ2n) is 4.64. The Kier molecular flexibility index (Phi) is 3.79. The number of aliphatic hydroxyl groups is 1. The van der Waals surface area contributed by atoms with E-state index in [2.05, 4.69) is 0 Å². The first kappa shape index (κ1) is 12.8. The molecule has 1 atom stereocenters. The molecule has 0 bridgehead atoms. The Labute approximate surface area is 106 Å². The molecule has 2 rings (SSSR count). The monoisotopic (exact) mass is 246 g/mol. The Hall–Kier alpha value is -1.65. The van der Waals surface area contributed by atoms with Gasteiger partial charge in [0.05, 0.1) is 5.52 Å². The Balaban J connectivity index is 2.66. The molecule has 0 amide bonds. The molecule has 96 valence electrons. The van der Waals surface area contributed by atoms with Gasteiger partial charge in [-0.25, -0.2) is 0 Å². The second kappa shape index (κ2) is 5.33. The third-order valence-corrected chi connectivity index (χ3v) is 3.10. The number of pyridine rings is 1. The zero-order valence-electron chi connectivity index (χ0n) is 10.5. The van der Waals surface area contributed by atoms with Crippen LogP contribution in [0.5, 0.6) is 0 Å². The Morgan fingerprint density at radius 3 is 2.78 bits per heavy atom. The number of aliphatic hydroxyl groups excluding tert-OH is 1. The highest BCUT2D eigenvalue weighted by atomic mass is 16.3. The maximum absolute atomic E-state index is 12.3. The summed E-state index contributed by atoms with van der Waals surface area (Å²) >= 11 is 0. The number of para-hydroxylation sites is 1. The van der Waals surface area contributed by atoms with Crippen molar-refractivity contribution < 1.29 is 5.11 Å². The average Bonchev–Trinajstić information content (AvgIpc) is 2.41. The van der Waals surface area contributed by atoms with E-state index in [9.17, 15) is 4.79 Å². The van der Waals surface area contributed by atoms with Crippen LogP contribution in [0.1, 0.15) is 12.5 Å². The fourth-order valence-electron chi connectivity index (χ4n) is 2.08. The summed E-state index contributed by atoms with van der Waals surface area (Å²) in [5.41, 5.74) is 7.05. The van der Waals surface area contributed by atoms with Gasteiger partial charge in [-0.1, -0.05) is 25.1 Å². The highest BCUT2D eigenvalue weighted by Gasteiger charge is 2.10. The summed E-state index contributed by atoms with van der Waals surface area (Å²) in [6.07, 6.45) is 0. The number of hydrogen-bond acceptors (Lipinski definition) is 3. The van der Waals surface area contributed by atoms with Gasteiger partial charge in [0.25, 0.3) is 5.56 Å². The normalized spacial score (nSPS) is 12.8. The van der Waals surface area contributed by atoms with Crippen LogP contribution in [0.25, 0.3) is 10.9 Å². The fourth-order valence-corrected chi connectivity index (χ4v) is 2.08. The molecule has 0 aliphatic rings. The molecule has 1 heterocycles. The summed E-state index contributed by atoms with van der Waals surface area (Å²) in [5, 5.41) is 10.1. The maximum atomic E-state index is 12.3. The lowest BCUT2D eigenvalue weighted by atomic mass is 10.1. The van der Waals surface area contributed by atoms with Crippen molar-refractivity contribution in [3.63, 3.8) is 0 Å². The third-order valence-electron chi connectivity index (χ3n) is 3.10. The SMILES string of the molecule is CC(CO)Cn1c(=O)c(CN)cc2ccccc21. The molecule has 0 aliphatic heterocycles. The van der Waals surface area contributed by atoms with E-state index in [1.165, 1.54) is 0 Å². The molecule has 1 aromatic carbocycles. The Bertz CT molecular complexity index is 604. The third kappa shape index (κ3) is 2.30. The van der Waals surface area contributed by atoms with E-state index in [-0.39, 0.29) is 24.6 Å². The van der Waals surface area contributed by atoms with Crippen molar-refractivity contribution in [3.8, 4) is 0 Å². The highest BCUT2D eigenvalue weighted by molar-refractivity contribution is 5.79. The van der Waals surface area contributed by atoms with Crippen LogP contribution in [0.4, 0.5) is 0 Å². The van der Waals surface area contributed by atoms with Crippen LogP contribution >= 0.6 is 0 Å². The van der Waals surface area contributed by atoms with Crippen LogP contribution in [-0.4, -0.2) is 16.3 Å². The molecule has 0 aliphatic carbocycles. The lowest BCUT2D eigenvalue weighted by molar-refractivity contribution is 0.223. The summed E-state index contributed by atoms with van der Waals surface area (Å²) < 4.78 is 1.71. The molecular formula is C14H18N2O2. The van der Waals surface area contributed by atoms with Gasteiger partial charge in [0.15, 0.2) is 0 Å². The minimum absolute atomic E-state index is 0.0409. The maximum Gasteiger partial charge on any atom is 0.255 e. The first-order chi connectivity index (χ1) is 8.67. The van der Waals surface area contributed by atoms with Gasteiger partial charge in [-0.15, -0.1) is 0 Å². The molecule has 2 aromatic rings. The molecule has 0 saturated heterocycles. The fraction of sp³-hybridized carbons (Fsp3) is 0.357. The van der Waals surface area contributed by atoms with E-state index < -0.39 is 0 Å². The molecule has 3 N–H and O–H groups in total. The molecular weight excluding hydrogens is 228 g/mol. The van der Waals surface area contributed by atoms with Gasteiger partial charge in [0.2, 0.25) is 0 Å². The predicted octanol–water partition coefficient (Wildman–Crippen LogP) is 1.09. The van der Waals surface area contributed by atoms with Gasteiger partial charge in [0, 0.05) is 25.3 Å². The molecule has 1 unspecified atom stereocenters. The van der Waals surface area contributed by atoms with Crippen molar-refractivity contribution in [1.29, 1.82) is 0 Å². The summed E-state index contributed by atoms with van der Waals surface area (Å²) in [6.45, 7) is 2.71. The largest absolute Gasteiger partial charge is 0.396 e.